The largest absolute Gasteiger partial charge is 0.494 e. The van der Waals surface area contributed by atoms with E-state index < -0.39 is 43.4 Å². The maximum atomic E-state index is 14.8. The average Bonchev–Trinajstić information content (AvgIpc) is 2.75. The fraction of sp³-hybridized carbons (Fsp3) is 0.423. The summed E-state index contributed by atoms with van der Waals surface area (Å²) in [4.78, 5) is 38.8. The Labute approximate surface area is 204 Å². The highest BCUT2D eigenvalue weighted by molar-refractivity contribution is 6.88. The lowest BCUT2D eigenvalue weighted by Crippen LogP contribution is -2.44. The van der Waals surface area contributed by atoms with Crippen LogP contribution < -0.4 is 9.92 Å². The highest BCUT2D eigenvalue weighted by Crippen LogP contribution is 2.34. The third kappa shape index (κ3) is 6.14. The second-order valence-corrected chi connectivity index (χ2v) is 14.8. The highest BCUT2D eigenvalue weighted by atomic mass is 28.3. The molecule has 0 aliphatic carbocycles. The van der Waals surface area contributed by atoms with Crippen LogP contribution in [-0.4, -0.2) is 48.9 Å². The zero-order valence-corrected chi connectivity index (χ0v) is 21.5. The maximum Gasteiger partial charge on any atom is 0.303 e. The number of carbonyl (C=O) groups excluding carboxylic acids is 2. The number of ketones is 1. The first kappa shape index (κ1) is 26.5. The Morgan fingerprint density at radius 1 is 1.09 bits per heavy atom. The number of aliphatic carboxylic acids is 1. The summed E-state index contributed by atoms with van der Waals surface area (Å²) in [6, 6.07) is 6.71. The van der Waals surface area contributed by atoms with E-state index in [4.69, 9.17) is 9.84 Å². The molecule has 0 unspecified atom stereocenters. The number of carbonyl (C=O) groups is 3. The first-order valence-corrected chi connectivity index (χ1v) is 15.2. The van der Waals surface area contributed by atoms with Gasteiger partial charge in [-0.15, -0.1) is 0 Å². The second kappa shape index (κ2) is 10.7. The van der Waals surface area contributed by atoms with Gasteiger partial charge in [0.05, 0.1) is 21.1 Å². The lowest BCUT2D eigenvalue weighted by molar-refractivity contribution is -0.144. The van der Waals surface area contributed by atoms with Gasteiger partial charge >= 0.3 is 5.97 Å². The predicted octanol–water partition coefficient (Wildman–Crippen LogP) is 4.01. The Balaban J connectivity index is 1.96. The Bertz CT molecular complexity index is 1120. The van der Waals surface area contributed by atoms with Gasteiger partial charge in [-0.05, 0) is 54.3 Å². The number of fused-ring (bicyclic) bond motifs is 1. The van der Waals surface area contributed by atoms with Crippen molar-refractivity contribution in [3.8, 4) is 5.75 Å². The number of hydrogen-bond donors (Lipinski definition) is 1. The molecular formula is C26H31F2NO5Si. The van der Waals surface area contributed by atoms with Crippen LogP contribution in [0.25, 0.3) is 0 Å². The molecule has 0 spiro atoms. The number of amides is 1. The smallest absolute Gasteiger partial charge is 0.303 e. The van der Waals surface area contributed by atoms with Gasteiger partial charge in [-0.1, -0.05) is 25.7 Å². The number of rotatable bonds is 9. The minimum Gasteiger partial charge on any atom is -0.494 e. The number of hydrogen-bond acceptors (Lipinski definition) is 4. The van der Waals surface area contributed by atoms with E-state index in [2.05, 4.69) is 0 Å². The predicted molar refractivity (Wildman–Crippen MR) is 131 cm³/mol. The molecule has 9 heteroatoms. The molecule has 1 aliphatic heterocycles. The molecule has 2 aromatic carbocycles. The van der Waals surface area contributed by atoms with Gasteiger partial charge in [-0.2, -0.15) is 0 Å². The van der Waals surface area contributed by atoms with Crippen molar-refractivity contribution in [2.75, 3.05) is 13.2 Å². The van der Waals surface area contributed by atoms with Crippen molar-refractivity contribution in [3.05, 3.63) is 58.7 Å². The summed E-state index contributed by atoms with van der Waals surface area (Å²) in [5.74, 6) is -2.61. The Morgan fingerprint density at radius 2 is 1.74 bits per heavy atom. The summed E-state index contributed by atoms with van der Waals surface area (Å²) in [5, 5.41) is 9.07. The maximum absolute atomic E-state index is 14.8. The fourth-order valence-corrected chi connectivity index (χ4v) is 6.15. The van der Waals surface area contributed by atoms with E-state index in [1.807, 2.05) is 32.6 Å². The molecule has 1 heterocycles. The third-order valence-corrected chi connectivity index (χ3v) is 8.04. The molecule has 188 valence electrons. The molecule has 0 aromatic heterocycles. The van der Waals surface area contributed by atoms with Crippen molar-refractivity contribution >= 4 is 30.9 Å². The molecule has 1 amide bonds. The molecule has 0 saturated carbocycles. The first-order chi connectivity index (χ1) is 16.4. The number of carboxylic acid groups (broad SMARTS) is 1. The molecule has 0 radical (unpaired) electrons. The first-order valence-electron chi connectivity index (χ1n) is 11.7. The van der Waals surface area contributed by atoms with Crippen LogP contribution in [0.15, 0.2) is 30.3 Å². The van der Waals surface area contributed by atoms with Crippen molar-refractivity contribution in [3.63, 3.8) is 0 Å². The summed E-state index contributed by atoms with van der Waals surface area (Å²) >= 11 is 0. The van der Waals surface area contributed by atoms with Crippen molar-refractivity contribution in [2.24, 2.45) is 0 Å². The summed E-state index contributed by atoms with van der Waals surface area (Å²) < 4.78 is 35.1. The van der Waals surface area contributed by atoms with Gasteiger partial charge in [-0.3, -0.25) is 14.4 Å². The van der Waals surface area contributed by atoms with E-state index in [1.165, 1.54) is 17.0 Å². The molecule has 0 saturated heterocycles. The third-order valence-electron chi connectivity index (χ3n) is 6.06. The minimum absolute atomic E-state index is 0.0886. The Kier molecular flexibility index (Phi) is 8.10. The molecule has 1 atom stereocenters. The summed E-state index contributed by atoms with van der Waals surface area (Å²) in [6.45, 7) is 8.10. The van der Waals surface area contributed by atoms with Gasteiger partial charge in [0.15, 0.2) is 5.78 Å². The monoisotopic (exact) mass is 503 g/mol. The number of benzene rings is 2. The fourth-order valence-electron chi connectivity index (χ4n) is 4.58. The van der Waals surface area contributed by atoms with Gasteiger partial charge in [-0.25, -0.2) is 8.78 Å². The lowest BCUT2D eigenvalue weighted by Gasteiger charge is -2.37. The van der Waals surface area contributed by atoms with Crippen molar-refractivity contribution < 1.29 is 33.0 Å². The zero-order valence-electron chi connectivity index (χ0n) is 20.5. The number of nitrogens with zero attached hydrogens (tertiary/aromatic N) is 1. The van der Waals surface area contributed by atoms with E-state index in [1.54, 1.807) is 12.1 Å². The molecule has 2 aromatic rings. The Morgan fingerprint density at radius 3 is 2.31 bits per heavy atom. The van der Waals surface area contributed by atoms with Crippen LogP contribution in [0.4, 0.5) is 8.78 Å². The van der Waals surface area contributed by atoms with Crippen LogP contribution in [-0.2, 0) is 27.2 Å². The lowest BCUT2D eigenvalue weighted by atomic mass is 9.87. The molecule has 1 aliphatic rings. The molecule has 6 nitrogen and oxygen atoms in total. The van der Waals surface area contributed by atoms with E-state index in [0.29, 0.717) is 24.3 Å². The summed E-state index contributed by atoms with van der Waals surface area (Å²) in [5.41, 5.74) is 1.67. The zero-order chi connectivity index (χ0) is 25.9. The normalized spacial score (nSPS) is 15.5. The van der Waals surface area contributed by atoms with E-state index in [0.717, 1.165) is 5.56 Å². The van der Waals surface area contributed by atoms with Crippen molar-refractivity contribution in [1.29, 1.82) is 0 Å². The van der Waals surface area contributed by atoms with Crippen LogP contribution in [0.1, 0.15) is 42.5 Å². The quantitative estimate of drug-likeness (QED) is 0.523. The van der Waals surface area contributed by atoms with Crippen molar-refractivity contribution in [2.45, 2.75) is 58.3 Å². The number of carboxylic acids is 1. The SMILES string of the molecule is CCOc1ccc2c(c1)CCN(C(=O)CCC(=O)O)[C@H]2C(=O)Cc1cc(F)c([Si](C)(C)C)c(F)c1. The Hall–Kier alpha value is -3.07. The van der Waals surface area contributed by atoms with Gasteiger partial charge in [0, 0.05) is 24.6 Å². The molecular weight excluding hydrogens is 472 g/mol. The van der Waals surface area contributed by atoms with Gasteiger partial charge < -0.3 is 14.7 Å². The van der Waals surface area contributed by atoms with E-state index >= 15 is 0 Å². The van der Waals surface area contributed by atoms with Crippen LogP contribution in [0, 0.1) is 11.6 Å². The van der Waals surface area contributed by atoms with Gasteiger partial charge in [0.1, 0.15) is 23.4 Å². The van der Waals surface area contributed by atoms with Crippen LogP contribution in [0.2, 0.25) is 19.6 Å². The number of halogens is 2. The molecule has 35 heavy (non-hydrogen) atoms. The molecule has 1 N–H and O–H groups in total. The minimum atomic E-state index is -2.27. The molecule has 3 rings (SSSR count). The van der Waals surface area contributed by atoms with Crippen LogP contribution >= 0.6 is 0 Å². The second-order valence-electron chi connectivity index (χ2n) is 9.75. The van der Waals surface area contributed by atoms with Crippen LogP contribution in [0.3, 0.4) is 0 Å². The standard InChI is InChI=1S/C26H31F2NO5Si/c1-5-34-18-6-7-19-17(15-18)10-11-29(23(31)8-9-24(32)33)25(19)22(30)14-16-12-20(27)26(21(28)13-16)35(2,3)4/h6-7,12-13,15,25H,5,8-11,14H2,1-4H3,(H,32,33)/t25-/m1/s1. The van der Waals surface area contributed by atoms with E-state index in [-0.39, 0.29) is 36.6 Å². The summed E-state index contributed by atoms with van der Waals surface area (Å²) in [6.07, 6.45) is -0.368. The highest BCUT2D eigenvalue weighted by Gasteiger charge is 2.36. The van der Waals surface area contributed by atoms with Gasteiger partial charge in [0.25, 0.3) is 0 Å². The average molecular weight is 504 g/mol. The van der Waals surface area contributed by atoms with Gasteiger partial charge in [0.2, 0.25) is 5.91 Å². The molecule has 0 fully saturated rings. The van der Waals surface area contributed by atoms with Crippen LogP contribution in [0.5, 0.6) is 5.75 Å². The molecule has 0 bridgehead atoms. The topological polar surface area (TPSA) is 83.9 Å². The number of Topliss-reactive ketones (excluding diaryl/α,β-unsaturated/α-hetero) is 1. The van der Waals surface area contributed by atoms with E-state index in [9.17, 15) is 23.2 Å². The van der Waals surface area contributed by atoms with Crippen molar-refractivity contribution in [1.82, 2.24) is 4.90 Å². The number of ether oxygens (including phenoxy) is 1. The summed E-state index contributed by atoms with van der Waals surface area (Å²) in [7, 11) is -2.27.